The molecule has 2 aliphatic carbocycles. The van der Waals surface area contributed by atoms with Crippen molar-refractivity contribution >= 4 is 71.2 Å². The number of aromatic nitrogens is 1. The van der Waals surface area contributed by atoms with Crippen molar-refractivity contribution in [2.75, 3.05) is 4.90 Å². The lowest BCUT2D eigenvalue weighted by atomic mass is 9.81. The van der Waals surface area contributed by atoms with Crippen LogP contribution in [0.15, 0.2) is 218 Å². The Morgan fingerprint density at radius 3 is 1.81 bits per heavy atom. The molecule has 67 heavy (non-hydrogen) atoms. The minimum atomic E-state index is -0.154. The van der Waals surface area contributed by atoms with E-state index in [1.54, 1.807) is 0 Å². The molecule has 0 N–H and O–H groups in total. The molecule has 12 aromatic rings. The third-order valence-corrected chi connectivity index (χ3v) is 15.2. The van der Waals surface area contributed by atoms with Crippen LogP contribution in [0.1, 0.15) is 36.1 Å². The van der Waals surface area contributed by atoms with Gasteiger partial charge in [-0.25, -0.2) is 0 Å². The van der Waals surface area contributed by atoms with Crippen molar-refractivity contribution in [1.29, 1.82) is 0 Å². The lowest BCUT2D eigenvalue weighted by Crippen LogP contribution is -2.17. The van der Waals surface area contributed by atoms with Gasteiger partial charge in [-0.3, -0.25) is 0 Å². The predicted molar refractivity (Wildman–Crippen MR) is 284 cm³/mol. The third-order valence-electron chi connectivity index (χ3n) is 15.2. The van der Waals surface area contributed by atoms with Gasteiger partial charge in [0.15, 0.2) is 0 Å². The molecule has 0 fully saturated rings. The normalized spacial score (nSPS) is 13.5. The summed E-state index contributed by atoms with van der Waals surface area (Å²) in [4.78, 5) is 2.48. The summed E-state index contributed by atoms with van der Waals surface area (Å²) in [6.45, 7) is 4.79. The number of benzene rings is 11. The van der Waals surface area contributed by atoms with Crippen LogP contribution in [0.4, 0.5) is 17.1 Å². The molecular weight excluding hydrogens is 809 g/mol. The summed E-state index contributed by atoms with van der Waals surface area (Å²) < 4.78 is 2.51. The van der Waals surface area contributed by atoms with Gasteiger partial charge in [0.2, 0.25) is 0 Å². The summed E-state index contributed by atoms with van der Waals surface area (Å²) in [5.41, 5.74) is 20.3. The molecular formula is C65H46N2. The zero-order valence-corrected chi connectivity index (χ0v) is 37.6. The van der Waals surface area contributed by atoms with E-state index in [0.717, 1.165) is 18.5 Å². The van der Waals surface area contributed by atoms with Crippen LogP contribution in [0.3, 0.4) is 0 Å². The van der Waals surface area contributed by atoms with Gasteiger partial charge in [-0.2, -0.15) is 0 Å². The molecule has 0 saturated heterocycles. The van der Waals surface area contributed by atoms with Gasteiger partial charge in [0, 0.05) is 44.0 Å². The van der Waals surface area contributed by atoms with E-state index < -0.39 is 0 Å². The number of anilines is 3. The number of hydrogen-bond donors (Lipinski definition) is 0. The molecule has 2 heteroatoms. The Kier molecular flexibility index (Phi) is 8.19. The minimum absolute atomic E-state index is 0.154. The van der Waals surface area contributed by atoms with Gasteiger partial charge >= 0.3 is 0 Å². The van der Waals surface area contributed by atoms with E-state index in [9.17, 15) is 0 Å². The maximum atomic E-state index is 2.51. The average Bonchev–Trinajstić information content (AvgIpc) is 3.82. The highest BCUT2D eigenvalue weighted by Gasteiger charge is 2.36. The molecule has 11 aromatic carbocycles. The fraction of sp³-hybridized carbons (Fsp3) is 0.0769. The Morgan fingerprint density at radius 1 is 0.373 bits per heavy atom. The van der Waals surface area contributed by atoms with E-state index in [-0.39, 0.29) is 5.41 Å². The highest BCUT2D eigenvalue weighted by atomic mass is 15.1. The summed E-state index contributed by atoms with van der Waals surface area (Å²) in [7, 11) is 0. The van der Waals surface area contributed by atoms with Crippen LogP contribution in [0, 0.1) is 0 Å². The fourth-order valence-electron chi connectivity index (χ4n) is 11.9. The molecule has 316 valence electrons. The lowest BCUT2D eigenvalue weighted by Gasteiger charge is -2.30. The molecule has 0 bridgehead atoms. The molecule has 14 rings (SSSR count). The maximum Gasteiger partial charge on any atom is 0.0619 e. The first-order valence-electron chi connectivity index (χ1n) is 23.7. The smallest absolute Gasteiger partial charge is 0.0619 e. The first-order chi connectivity index (χ1) is 33.0. The van der Waals surface area contributed by atoms with E-state index >= 15 is 0 Å². The second kappa shape index (κ2) is 14.4. The standard InChI is InChI=1S/C65H46N2/c1-65(2)60-38-46-16-4-3-15-45(46)37-59(60)56-35-31-51(40-61(56)65)66(50-30-34-53-48(36-50)23-22-43-13-5-8-18-52(43)53)49-28-24-41(25-29-49)47-27-32-57-58-33-26-44-14-7-10-20-55(44)64(58)67(63(57)39-47)62-21-11-17-42-12-6-9-19-54(42)62/h3-21,24-40H,22-23H2,1-2H3. The van der Waals surface area contributed by atoms with Crippen molar-refractivity contribution in [3.05, 3.63) is 241 Å². The molecule has 0 spiro atoms. The van der Waals surface area contributed by atoms with Crippen LogP contribution >= 0.6 is 0 Å². The van der Waals surface area contributed by atoms with Crippen molar-refractivity contribution in [2.45, 2.75) is 32.1 Å². The Hall–Kier alpha value is -8.20. The third kappa shape index (κ3) is 5.76. The molecule has 1 aromatic heterocycles. The van der Waals surface area contributed by atoms with Crippen molar-refractivity contribution < 1.29 is 0 Å². The molecule has 0 radical (unpaired) electrons. The summed E-state index contributed by atoms with van der Waals surface area (Å²) in [5, 5.41) is 10.1. The zero-order chi connectivity index (χ0) is 44.4. The predicted octanol–water partition coefficient (Wildman–Crippen LogP) is 17.5. The highest BCUT2D eigenvalue weighted by Crippen LogP contribution is 2.52. The van der Waals surface area contributed by atoms with Crippen molar-refractivity contribution in [2.24, 2.45) is 0 Å². The van der Waals surface area contributed by atoms with Crippen LogP contribution in [-0.2, 0) is 18.3 Å². The van der Waals surface area contributed by atoms with Crippen LogP contribution < -0.4 is 4.90 Å². The molecule has 2 nitrogen and oxygen atoms in total. The van der Waals surface area contributed by atoms with Crippen molar-refractivity contribution in [3.63, 3.8) is 0 Å². The SMILES string of the molecule is CC1(C)c2cc(N(c3ccc(-c4ccc5c6ccc7ccccc7c6n(-c6cccc7ccccc67)c5c4)cc3)c3ccc4c(c3)CCc3ccccc3-4)ccc2-c2cc3ccccc3cc21. The second-order valence-electron chi connectivity index (χ2n) is 19.2. The number of hydrogen-bond acceptors (Lipinski definition) is 1. The first-order valence-corrected chi connectivity index (χ1v) is 23.7. The largest absolute Gasteiger partial charge is 0.310 e. The van der Waals surface area contributed by atoms with E-state index in [0.29, 0.717) is 0 Å². The fourth-order valence-corrected chi connectivity index (χ4v) is 11.9. The summed E-state index contributed by atoms with van der Waals surface area (Å²) in [6.07, 6.45) is 2.09. The Bertz CT molecular complexity index is 4010. The Labute approximate surface area is 390 Å². The summed E-state index contributed by atoms with van der Waals surface area (Å²) in [5.74, 6) is 0. The van der Waals surface area contributed by atoms with Gasteiger partial charge in [0.05, 0.1) is 16.7 Å². The van der Waals surface area contributed by atoms with E-state index in [1.165, 1.54) is 127 Å². The maximum absolute atomic E-state index is 2.51. The Balaban J connectivity index is 0.922. The number of nitrogens with zero attached hydrogens (tertiary/aromatic N) is 2. The summed E-state index contributed by atoms with van der Waals surface area (Å²) in [6, 6.07) is 82.0. The highest BCUT2D eigenvalue weighted by molar-refractivity contribution is 6.19. The second-order valence-corrected chi connectivity index (χ2v) is 19.2. The van der Waals surface area contributed by atoms with Gasteiger partial charge in [-0.15, -0.1) is 0 Å². The van der Waals surface area contributed by atoms with E-state index in [2.05, 4.69) is 242 Å². The van der Waals surface area contributed by atoms with Crippen LogP contribution in [0.2, 0.25) is 0 Å². The van der Waals surface area contributed by atoms with Crippen LogP contribution in [-0.4, -0.2) is 4.57 Å². The van der Waals surface area contributed by atoms with Crippen molar-refractivity contribution in [3.8, 4) is 39.1 Å². The van der Waals surface area contributed by atoms with Crippen LogP contribution in [0.5, 0.6) is 0 Å². The van der Waals surface area contributed by atoms with Gasteiger partial charge in [0.25, 0.3) is 0 Å². The minimum Gasteiger partial charge on any atom is -0.310 e. The number of fused-ring (bicyclic) bond motifs is 13. The first kappa shape index (κ1) is 38.1. The van der Waals surface area contributed by atoms with Gasteiger partial charge in [-0.1, -0.05) is 172 Å². The number of rotatable bonds is 5. The van der Waals surface area contributed by atoms with E-state index in [1.807, 2.05) is 0 Å². The quantitative estimate of drug-likeness (QED) is 0.167. The molecule has 0 saturated carbocycles. The molecule has 0 atom stereocenters. The molecule has 0 unspecified atom stereocenters. The molecule has 0 amide bonds. The lowest BCUT2D eigenvalue weighted by molar-refractivity contribution is 0.661. The Morgan fingerprint density at radius 2 is 0.970 bits per heavy atom. The topological polar surface area (TPSA) is 8.17 Å². The van der Waals surface area contributed by atoms with Gasteiger partial charge in [0.1, 0.15) is 0 Å². The zero-order valence-electron chi connectivity index (χ0n) is 37.6. The van der Waals surface area contributed by atoms with Gasteiger partial charge < -0.3 is 9.47 Å². The number of aryl methyl sites for hydroxylation is 2. The molecule has 1 heterocycles. The molecule has 0 aliphatic heterocycles. The summed E-state index contributed by atoms with van der Waals surface area (Å²) >= 11 is 0. The van der Waals surface area contributed by atoms with Crippen LogP contribution in [0.25, 0.3) is 93.2 Å². The monoisotopic (exact) mass is 854 g/mol. The van der Waals surface area contributed by atoms with Crippen molar-refractivity contribution in [1.82, 2.24) is 4.57 Å². The van der Waals surface area contributed by atoms with Gasteiger partial charge in [-0.05, 0) is 151 Å². The molecule has 2 aliphatic rings. The van der Waals surface area contributed by atoms with E-state index in [4.69, 9.17) is 0 Å². The average molecular weight is 855 g/mol.